The minimum atomic E-state index is -1.11. The summed E-state index contributed by atoms with van der Waals surface area (Å²) in [6, 6.07) is 5.77. The standard InChI is InChI=1S/C13H12ClN3O3/c1-7-3-11(17(2)16-7)12(18)15-10-5-8(13(19)20)4-9(14)6-10/h3-6H,1-2H3,(H,15,18)(H,19,20). The molecule has 0 radical (unpaired) electrons. The minimum Gasteiger partial charge on any atom is -0.478 e. The first kappa shape index (κ1) is 14.1. The lowest BCUT2D eigenvalue weighted by Crippen LogP contribution is -2.16. The fraction of sp³-hybridized carbons (Fsp3) is 0.154. The molecule has 1 aromatic heterocycles. The maximum absolute atomic E-state index is 12.1. The first-order valence-corrected chi connectivity index (χ1v) is 6.10. The summed E-state index contributed by atoms with van der Waals surface area (Å²) < 4.78 is 1.45. The number of anilines is 1. The number of nitrogens with one attached hydrogen (secondary N) is 1. The van der Waals surface area contributed by atoms with Crippen molar-refractivity contribution in [3.63, 3.8) is 0 Å². The van der Waals surface area contributed by atoms with E-state index in [-0.39, 0.29) is 16.5 Å². The molecule has 0 spiro atoms. The predicted octanol–water partition coefficient (Wildman–Crippen LogP) is 2.33. The van der Waals surface area contributed by atoms with E-state index >= 15 is 0 Å². The maximum Gasteiger partial charge on any atom is 0.335 e. The largest absolute Gasteiger partial charge is 0.478 e. The zero-order valence-electron chi connectivity index (χ0n) is 10.8. The van der Waals surface area contributed by atoms with Crippen molar-refractivity contribution in [1.82, 2.24) is 9.78 Å². The van der Waals surface area contributed by atoms with Crippen LogP contribution in [0.5, 0.6) is 0 Å². The first-order valence-electron chi connectivity index (χ1n) is 5.72. The molecule has 0 bridgehead atoms. The fourth-order valence-electron chi connectivity index (χ4n) is 1.80. The van der Waals surface area contributed by atoms with Gasteiger partial charge in [0.15, 0.2) is 0 Å². The molecule has 2 rings (SSSR count). The third-order valence-electron chi connectivity index (χ3n) is 2.64. The van der Waals surface area contributed by atoms with E-state index in [0.717, 1.165) is 5.69 Å². The Morgan fingerprint density at radius 1 is 1.30 bits per heavy atom. The predicted molar refractivity (Wildman–Crippen MR) is 74.3 cm³/mol. The average Bonchev–Trinajstić information content (AvgIpc) is 2.67. The molecule has 1 heterocycles. The lowest BCUT2D eigenvalue weighted by atomic mass is 10.2. The number of carboxylic acid groups (broad SMARTS) is 1. The van der Waals surface area contributed by atoms with Gasteiger partial charge >= 0.3 is 5.97 Å². The SMILES string of the molecule is Cc1cc(C(=O)Nc2cc(Cl)cc(C(=O)O)c2)n(C)n1. The van der Waals surface area contributed by atoms with Crippen molar-refractivity contribution in [3.05, 3.63) is 46.2 Å². The number of nitrogens with zero attached hydrogens (tertiary/aromatic N) is 2. The second-order valence-corrected chi connectivity index (χ2v) is 4.72. The molecule has 7 heteroatoms. The molecule has 104 valence electrons. The van der Waals surface area contributed by atoms with Gasteiger partial charge in [-0.15, -0.1) is 0 Å². The average molecular weight is 294 g/mol. The summed E-state index contributed by atoms with van der Waals surface area (Å²) in [5.41, 5.74) is 1.42. The zero-order chi connectivity index (χ0) is 14.9. The number of halogens is 1. The van der Waals surface area contributed by atoms with Crippen LogP contribution in [0.2, 0.25) is 5.02 Å². The van der Waals surface area contributed by atoms with Gasteiger partial charge in [0.05, 0.1) is 11.3 Å². The van der Waals surface area contributed by atoms with E-state index in [0.29, 0.717) is 11.4 Å². The number of carbonyl (C=O) groups is 2. The summed E-state index contributed by atoms with van der Waals surface area (Å²) >= 11 is 5.83. The van der Waals surface area contributed by atoms with Crippen molar-refractivity contribution < 1.29 is 14.7 Å². The molecule has 0 atom stereocenters. The molecule has 0 fully saturated rings. The van der Waals surface area contributed by atoms with Crippen molar-refractivity contribution in [2.45, 2.75) is 6.92 Å². The smallest absolute Gasteiger partial charge is 0.335 e. The van der Waals surface area contributed by atoms with Gasteiger partial charge in [-0.2, -0.15) is 5.10 Å². The summed E-state index contributed by atoms with van der Waals surface area (Å²) in [5, 5.41) is 15.9. The second-order valence-electron chi connectivity index (χ2n) is 4.28. The number of carbonyl (C=O) groups excluding carboxylic acids is 1. The molecule has 0 aliphatic rings. The van der Waals surface area contributed by atoms with Gasteiger partial charge in [0.25, 0.3) is 5.91 Å². The van der Waals surface area contributed by atoms with E-state index in [4.69, 9.17) is 16.7 Å². The van der Waals surface area contributed by atoms with Crippen molar-refractivity contribution >= 4 is 29.2 Å². The van der Waals surface area contributed by atoms with Crippen LogP contribution in [0.4, 0.5) is 5.69 Å². The maximum atomic E-state index is 12.1. The number of amides is 1. The highest BCUT2D eigenvalue weighted by Gasteiger charge is 2.13. The Balaban J connectivity index is 2.28. The van der Waals surface area contributed by atoms with Gasteiger partial charge in [-0.05, 0) is 31.2 Å². The molecule has 0 aliphatic heterocycles. The second kappa shape index (κ2) is 5.34. The summed E-state index contributed by atoms with van der Waals surface area (Å²) in [6.45, 7) is 1.78. The number of hydrogen-bond acceptors (Lipinski definition) is 3. The van der Waals surface area contributed by atoms with Gasteiger partial charge in [-0.1, -0.05) is 11.6 Å². The molecule has 1 amide bonds. The normalized spacial score (nSPS) is 10.3. The highest BCUT2D eigenvalue weighted by molar-refractivity contribution is 6.31. The summed E-state index contributed by atoms with van der Waals surface area (Å²) in [5.74, 6) is -1.49. The van der Waals surface area contributed by atoms with Crippen molar-refractivity contribution in [1.29, 1.82) is 0 Å². The number of aryl methyl sites for hydroxylation is 2. The molecule has 2 N–H and O–H groups in total. The number of benzene rings is 1. The van der Waals surface area contributed by atoms with Crippen molar-refractivity contribution in [2.24, 2.45) is 7.05 Å². The van der Waals surface area contributed by atoms with Crippen molar-refractivity contribution in [3.8, 4) is 0 Å². The van der Waals surface area contributed by atoms with Crippen LogP contribution in [0, 0.1) is 6.92 Å². The Morgan fingerprint density at radius 2 is 2.00 bits per heavy atom. The van der Waals surface area contributed by atoms with E-state index in [1.165, 1.54) is 22.9 Å². The Morgan fingerprint density at radius 3 is 2.55 bits per heavy atom. The van der Waals surface area contributed by atoms with Crippen LogP contribution in [0.1, 0.15) is 26.5 Å². The molecule has 0 unspecified atom stereocenters. The van der Waals surface area contributed by atoms with Crippen LogP contribution in [0.25, 0.3) is 0 Å². The highest BCUT2D eigenvalue weighted by atomic mass is 35.5. The van der Waals surface area contributed by atoms with Crippen molar-refractivity contribution in [2.75, 3.05) is 5.32 Å². The van der Waals surface area contributed by atoms with E-state index in [9.17, 15) is 9.59 Å². The van der Waals surface area contributed by atoms with E-state index in [2.05, 4.69) is 10.4 Å². The third-order valence-corrected chi connectivity index (χ3v) is 2.86. The lowest BCUT2D eigenvalue weighted by molar-refractivity contribution is 0.0696. The molecule has 0 aliphatic carbocycles. The van der Waals surface area contributed by atoms with E-state index in [1.807, 2.05) is 0 Å². The molecule has 2 aromatic rings. The zero-order valence-corrected chi connectivity index (χ0v) is 11.6. The summed E-state index contributed by atoms with van der Waals surface area (Å²) in [4.78, 5) is 23.0. The van der Waals surface area contributed by atoms with Crippen LogP contribution in [0.15, 0.2) is 24.3 Å². The lowest BCUT2D eigenvalue weighted by Gasteiger charge is -2.07. The molecule has 0 saturated heterocycles. The Labute approximate surface area is 120 Å². The van der Waals surface area contributed by atoms with Gasteiger partial charge in [-0.3, -0.25) is 9.48 Å². The number of aromatic nitrogens is 2. The van der Waals surface area contributed by atoms with Gasteiger partial charge in [0.2, 0.25) is 0 Å². The first-order chi connectivity index (χ1) is 9.36. The topological polar surface area (TPSA) is 84.2 Å². The van der Waals surface area contributed by atoms with Gasteiger partial charge in [0, 0.05) is 17.8 Å². The monoisotopic (exact) mass is 293 g/mol. The number of rotatable bonds is 3. The van der Waals surface area contributed by atoms with E-state index < -0.39 is 5.97 Å². The summed E-state index contributed by atoms with van der Waals surface area (Å²) in [6.07, 6.45) is 0. The van der Waals surface area contributed by atoms with Gasteiger partial charge in [0.1, 0.15) is 5.69 Å². The molecule has 1 aromatic carbocycles. The quantitative estimate of drug-likeness (QED) is 0.909. The highest BCUT2D eigenvalue weighted by Crippen LogP contribution is 2.20. The van der Waals surface area contributed by atoms with Crippen LogP contribution in [-0.4, -0.2) is 26.8 Å². The molecular weight excluding hydrogens is 282 g/mol. The number of aromatic carboxylic acids is 1. The van der Waals surface area contributed by atoms with Crippen LogP contribution < -0.4 is 5.32 Å². The van der Waals surface area contributed by atoms with E-state index in [1.54, 1.807) is 20.0 Å². The number of carboxylic acids is 1. The molecular formula is C13H12ClN3O3. The number of hydrogen-bond donors (Lipinski definition) is 2. The Kier molecular flexibility index (Phi) is 3.76. The Hall–Kier alpha value is -2.34. The molecule has 20 heavy (non-hydrogen) atoms. The van der Waals surface area contributed by atoms with Crippen LogP contribution in [-0.2, 0) is 7.05 Å². The fourth-order valence-corrected chi connectivity index (χ4v) is 2.04. The molecule has 0 saturated carbocycles. The third kappa shape index (κ3) is 2.97. The Bertz CT molecular complexity index is 694. The summed E-state index contributed by atoms with van der Waals surface area (Å²) in [7, 11) is 1.66. The molecule has 6 nitrogen and oxygen atoms in total. The van der Waals surface area contributed by atoms with Crippen LogP contribution in [0.3, 0.4) is 0 Å². The van der Waals surface area contributed by atoms with Gasteiger partial charge in [-0.25, -0.2) is 4.79 Å². The minimum absolute atomic E-state index is 0.00832. The van der Waals surface area contributed by atoms with Crippen LogP contribution >= 0.6 is 11.6 Å². The van der Waals surface area contributed by atoms with Gasteiger partial charge < -0.3 is 10.4 Å².